The van der Waals surface area contributed by atoms with Gasteiger partial charge >= 0.3 is 5.63 Å². The first-order valence-corrected chi connectivity index (χ1v) is 9.16. The standard InChI is InChI=1S/C21H22N2O4S/c1-12-9-20(24)27-18-11-15(6-7-16(12)18)23-21(28)22-13(2)14-5-8-17(25-3)19(10-14)26-4/h5-11,13H,1-4H3,(H2,22,23,28)/t13-/m1/s1. The fourth-order valence-electron chi connectivity index (χ4n) is 2.97. The van der Waals surface area contributed by atoms with E-state index in [1.54, 1.807) is 20.3 Å². The summed E-state index contributed by atoms with van der Waals surface area (Å²) in [6.45, 7) is 3.88. The van der Waals surface area contributed by atoms with Crippen molar-refractivity contribution in [3.05, 3.63) is 64.0 Å². The first-order valence-electron chi connectivity index (χ1n) is 8.75. The minimum absolute atomic E-state index is 0.0551. The van der Waals surface area contributed by atoms with E-state index in [0.717, 1.165) is 22.2 Å². The number of benzene rings is 2. The summed E-state index contributed by atoms with van der Waals surface area (Å²) in [4.78, 5) is 11.6. The lowest BCUT2D eigenvalue weighted by Crippen LogP contribution is -2.30. The lowest BCUT2D eigenvalue weighted by atomic mass is 10.1. The predicted octanol–water partition coefficient (Wildman–Crippen LogP) is 4.17. The molecule has 0 saturated carbocycles. The van der Waals surface area contributed by atoms with Gasteiger partial charge in [-0.15, -0.1) is 0 Å². The fourth-order valence-corrected chi connectivity index (χ4v) is 3.27. The summed E-state index contributed by atoms with van der Waals surface area (Å²) in [5.41, 5.74) is 2.76. The van der Waals surface area contributed by atoms with Gasteiger partial charge in [0.1, 0.15) is 5.58 Å². The summed E-state index contributed by atoms with van der Waals surface area (Å²) in [6.07, 6.45) is 0. The third kappa shape index (κ3) is 4.26. The summed E-state index contributed by atoms with van der Waals surface area (Å²) in [5.74, 6) is 1.33. The van der Waals surface area contributed by atoms with Gasteiger partial charge in [0, 0.05) is 23.2 Å². The normalized spacial score (nSPS) is 11.7. The Balaban J connectivity index is 1.73. The average molecular weight is 398 g/mol. The molecular weight excluding hydrogens is 376 g/mol. The number of ether oxygens (including phenoxy) is 2. The van der Waals surface area contributed by atoms with E-state index >= 15 is 0 Å². The maximum Gasteiger partial charge on any atom is 0.336 e. The van der Waals surface area contributed by atoms with Crippen LogP contribution < -0.4 is 25.7 Å². The summed E-state index contributed by atoms with van der Waals surface area (Å²) in [5, 5.41) is 7.71. The number of thiocarbonyl (C=S) groups is 1. The molecule has 0 amide bonds. The van der Waals surface area contributed by atoms with Crippen molar-refractivity contribution in [2.75, 3.05) is 19.5 Å². The average Bonchev–Trinajstić information content (AvgIpc) is 2.66. The molecule has 2 N–H and O–H groups in total. The van der Waals surface area contributed by atoms with Crippen LogP contribution in [0, 0.1) is 6.92 Å². The largest absolute Gasteiger partial charge is 0.493 e. The number of aryl methyl sites for hydroxylation is 1. The van der Waals surface area contributed by atoms with Crippen LogP contribution in [0.3, 0.4) is 0 Å². The molecule has 0 aliphatic carbocycles. The van der Waals surface area contributed by atoms with Crippen molar-refractivity contribution < 1.29 is 13.9 Å². The predicted molar refractivity (Wildman–Crippen MR) is 115 cm³/mol. The molecule has 3 rings (SSSR count). The maximum atomic E-state index is 11.6. The van der Waals surface area contributed by atoms with Gasteiger partial charge in [-0.25, -0.2) is 4.79 Å². The molecule has 0 fully saturated rings. The van der Waals surface area contributed by atoms with E-state index in [-0.39, 0.29) is 11.7 Å². The number of fused-ring (bicyclic) bond motifs is 1. The van der Waals surface area contributed by atoms with Crippen molar-refractivity contribution in [2.24, 2.45) is 0 Å². The zero-order chi connectivity index (χ0) is 20.3. The maximum absolute atomic E-state index is 11.6. The first-order chi connectivity index (χ1) is 13.4. The molecule has 0 bridgehead atoms. The molecule has 0 radical (unpaired) electrons. The lowest BCUT2D eigenvalue weighted by molar-refractivity contribution is 0.354. The molecule has 146 valence electrons. The molecule has 1 aromatic heterocycles. The third-order valence-electron chi connectivity index (χ3n) is 4.46. The van der Waals surface area contributed by atoms with Crippen LogP contribution >= 0.6 is 12.2 Å². The van der Waals surface area contributed by atoms with Gasteiger partial charge < -0.3 is 24.5 Å². The molecule has 0 saturated heterocycles. The van der Waals surface area contributed by atoms with Crippen LogP contribution in [-0.2, 0) is 0 Å². The number of methoxy groups -OCH3 is 2. The van der Waals surface area contributed by atoms with Gasteiger partial charge in [0.15, 0.2) is 16.6 Å². The Morgan fingerprint density at radius 3 is 2.54 bits per heavy atom. The molecule has 1 atom stereocenters. The van der Waals surface area contributed by atoms with Crippen molar-refractivity contribution >= 4 is 34.0 Å². The topological polar surface area (TPSA) is 72.7 Å². The number of anilines is 1. The number of hydrogen-bond donors (Lipinski definition) is 2. The van der Waals surface area contributed by atoms with Gasteiger partial charge in [0.2, 0.25) is 0 Å². The van der Waals surface area contributed by atoms with Crippen molar-refractivity contribution in [3.8, 4) is 11.5 Å². The quantitative estimate of drug-likeness (QED) is 0.494. The van der Waals surface area contributed by atoms with E-state index in [9.17, 15) is 4.79 Å². The van der Waals surface area contributed by atoms with E-state index in [2.05, 4.69) is 10.6 Å². The molecule has 6 nitrogen and oxygen atoms in total. The van der Waals surface area contributed by atoms with Gasteiger partial charge in [-0.05, 0) is 61.5 Å². The highest BCUT2D eigenvalue weighted by Crippen LogP contribution is 2.30. The summed E-state index contributed by atoms with van der Waals surface area (Å²) >= 11 is 5.43. The summed E-state index contributed by atoms with van der Waals surface area (Å²) in [6, 6.07) is 12.7. The van der Waals surface area contributed by atoms with E-state index in [1.165, 1.54) is 6.07 Å². The van der Waals surface area contributed by atoms with Crippen LogP contribution in [0.5, 0.6) is 11.5 Å². The highest BCUT2D eigenvalue weighted by atomic mass is 32.1. The van der Waals surface area contributed by atoms with Crippen molar-refractivity contribution in [1.82, 2.24) is 5.32 Å². The zero-order valence-electron chi connectivity index (χ0n) is 16.2. The molecule has 1 heterocycles. The molecule has 28 heavy (non-hydrogen) atoms. The van der Waals surface area contributed by atoms with Crippen LogP contribution in [0.1, 0.15) is 24.1 Å². The smallest absolute Gasteiger partial charge is 0.336 e. The van der Waals surface area contributed by atoms with E-state index in [0.29, 0.717) is 22.2 Å². The van der Waals surface area contributed by atoms with Crippen LogP contribution in [0.25, 0.3) is 11.0 Å². The molecule has 7 heteroatoms. The third-order valence-corrected chi connectivity index (χ3v) is 4.68. The van der Waals surface area contributed by atoms with Gasteiger partial charge in [-0.2, -0.15) is 0 Å². The molecule has 0 aliphatic heterocycles. The summed E-state index contributed by atoms with van der Waals surface area (Å²) < 4.78 is 15.9. The fraction of sp³-hybridized carbons (Fsp3) is 0.238. The van der Waals surface area contributed by atoms with Gasteiger partial charge in [0.25, 0.3) is 0 Å². The molecule has 2 aromatic carbocycles. The second-order valence-electron chi connectivity index (χ2n) is 6.39. The molecule has 0 unspecified atom stereocenters. The Kier molecular flexibility index (Phi) is 5.84. The molecule has 0 aliphatic rings. The van der Waals surface area contributed by atoms with Crippen molar-refractivity contribution in [2.45, 2.75) is 19.9 Å². The Bertz CT molecular complexity index is 1080. The molecule has 0 spiro atoms. The van der Waals surface area contributed by atoms with Gasteiger partial charge in [-0.1, -0.05) is 6.07 Å². The number of rotatable bonds is 5. The Hall–Kier alpha value is -3.06. The van der Waals surface area contributed by atoms with Crippen LogP contribution in [-0.4, -0.2) is 19.3 Å². The van der Waals surface area contributed by atoms with Crippen LogP contribution in [0.4, 0.5) is 5.69 Å². The Morgan fingerprint density at radius 2 is 1.82 bits per heavy atom. The number of nitrogens with one attached hydrogen (secondary N) is 2. The van der Waals surface area contributed by atoms with Gasteiger partial charge in [-0.3, -0.25) is 0 Å². The monoisotopic (exact) mass is 398 g/mol. The SMILES string of the molecule is COc1ccc([C@@H](C)NC(=S)Nc2ccc3c(C)cc(=O)oc3c2)cc1OC. The minimum Gasteiger partial charge on any atom is -0.493 e. The number of hydrogen-bond acceptors (Lipinski definition) is 5. The highest BCUT2D eigenvalue weighted by Gasteiger charge is 2.12. The lowest BCUT2D eigenvalue weighted by Gasteiger charge is -2.19. The van der Waals surface area contributed by atoms with E-state index in [4.69, 9.17) is 26.1 Å². The first kappa shape index (κ1) is 19.7. The second-order valence-corrected chi connectivity index (χ2v) is 6.80. The Labute approximate surface area is 168 Å². The highest BCUT2D eigenvalue weighted by molar-refractivity contribution is 7.80. The minimum atomic E-state index is -0.370. The zero-order valence-corrected chi connectivity index (χ0v) is 17.0. The Morgan fingerprint density at radius 1 is 1.07 bits per heavy atom. The molecule has 3 aromatic rings. The van der Waals surface area contributed by atoms with Crippen molar-refractivity contribution in [3.63, 3.8) is 0 Å². The van der Waals surface area contributed by atoms with Crippen LogP contribution in [0.15, 0.2) is 51.7 Å². The van der Waals surface area contributed by atoms with Crippen molar-refractivity contribution in [1.29, 1.82) is 0 Å². The van der Waals surface area contributed by atoms with Gasteiger partial charge in [0.05, 0.1) is 20.3 Å². The second kappa shape index (κ2) is 8.31. The summed E-state index contributed by atoms with van der Waals surface area (Å²) in [7, 11) is 3.21. The van der Waals surface area contributed by atoms with Crippen LogP contribution in [0.2, 0.25) is 0 Å². The molecular formula is C21H22N2O4S. The van der Waals surface area contributed by atoms with E-state index < -0.39 is 0 Å². The van der Waals surface area contributed by atoms with E-state index in [1.807, 2.05) is 44.2 Å².